The van der Waals surface area contributed by atoms with E-state index in [-0.39, 0.29) is 5.56 Å². The maximum Gasteiger partial charge on any atom is 0.412 e. The summed E-state index contributed by atoms with van der Waals surface area (Å²) >= 11 is 0. The number of carboxylic acids is 1. The molecule has 0 saturated carbocycles. The number of hydrogen-bond acceptors (Lipinski definition) is 3. The molecule has 0 bridgehead atoms. The lowest BCUT2D eigenvalue weighted by atomic mass is 10.0. The van der Waals surface area contributed by atoms with Crippen LogP contribution in [0.5, 0.6) is 5.75 Å². The fraction of sp³-hybridized carbons (Fsp3) is 0.125. The molecule has 2 rings (SSSR count). The van der Waals surface area contributed by atoms with Crippen LogP contribution in [-0.4, -0.2) is 23.7 Å². The van der Waals surface area contributed by atoms with Crippen molar-refractivity contribution in [3.8, 4) is 5.75 Å². The van der Waals surface area contributed by atoms with Gasteiger partial charge in [0.2, 0.25) is 0 Å². The normalized spacial score (nSPS) is 9.90. The molecule has 0 saturated heterocycles. The number of amides is 1. The van der Waals surface area contributed by atoms with Gasteiger partial charge in [0, 0.05) is 6.54 Å². The third-order valence-corrected chi connectivity index (χ3v) is 2.87. The standard InChI is InChI=1S/C16H15NO4/c18-15(19)14-9-5-4-6-12(14)10-11-17-16(20)21-13-7-2-1-3-8-13/h1-9H,10-11H2,(H,17,20)(H,18,19). The lowest BCUT2D eigenvalue weighted by Crippen LogP contribution is -2.29. The fourth-order valence-electron chi connectivity index (χ4n) is 1.88. The van der Waals surface area contributed by atoms with Gasteiger partial charge in [-0.1, -0.05) is 36.4 Å². The number of aromatic carboxylic acids is 1. The summed E-state index contributed by atoms with van der Waals surface area (Å²) in [5, 5.41) is 11.6. The Kier molecular flexibility index (Phi) is 4.93. The summed E-state index contributed by atoms with van der Waals surface area (Å²) in [5.74, 6) is -0.515. The SMILES string of the molecule is O=C(NCCc1ccccc1C(=O)O)Oc1ccccc1. The van der Waals surface area contributed by atoms with Crippen LogP contribution in [0.2, 0.25) is 0 Å². The van der Waals surface area contributed by atoms with Crippen molar-refractivity contribution in [3.05, 3.63) is 65.7 Å². The van der Waals surface area contributed by atoms with Crippen LogP contribution < -0.4 is 10.1 Å². The van der Waals surface area contributed by atoms with Gasteiger partial charge in [-0.3, -0.25) is 0 Å². The molecule has 0 radical (unpaired) electrons. The minimum absolute atomic E-state index is 0.246. The van der Waals surface area contributed by atoms with Crippen molar-refractivity contribution in [2.24, 2.45) is 0 Å². The number of benzene rings is 2. The second kappa shape index (κ2) is 7.09. The maximum atomic E-state index is 11.6. The van der Waals surface area contributed by atoms with Gasteiger partial charge in [-0.2, -0.15) is 0 Å². The molecule has 0 unspecified atom stereocenters. The van der Waals surface area contributed by atoms with Crippen molar-refractivity contribution in [2.45, 2.75) is 6.42 Å². The maximum absolute atomic E-state index is 11.6. The van der Waals surface area contributed by atoms with E-state index in [4.69, 9.17) is 9.84 Å². The molecule has 2 N–H and O–H groups in total. The second-order valence-electron chi connectivity index (χ2n) is 4.34. The molecule has 2 aromatic carbocycles. The summed E-state index contributed by atoms with van der Waals surface area (Å²) in [6, 6.07) is 15.4. The number of nitrogens with one attached hydrogen (secondary N) is 1. The van der Waals surface area contributed by atoms with E-state index in [1.165, 1.54) is 0 Å². The Balaban J connectivity index is 1.84. The van der Waals surface area contributed by atoms with Gasteiger partial charge in [-0.15, -0.1) is 0 Å². The van der Waals surface area contributed by atoms with Gasteiger partial charge in [0.05, 0.1) is 5.56 Å². The highest BCUT2D eigenvalue weighted by molar-refractivity contribution is 5.89. The topological polar surface area (TPSA) is 75.6 Å². The zero-order valence-electron chi connectivity index (χ0n) is 11.3. The average Bonchev–Trinajstić information content (AvgIpc) is 2.48. The van der Waals surface area contributed by atoms with Gasteiger partial charge >= 0.3 is 12.1 Å². The molecular weight excluding hydrogens is 270 g/mol. The van der Waals surface area contributed by atoms with Crippen LogP contribution in [-0.2, 0) is 6.42 Å². The predicted molar refractivity (Wildman–Crippen MR) is 77.6 cm³/mol. The molecule has 21 heavy (non-hydrogen) atoms. The van der Waals surface area contributed by atoms with Crippen molar-refractivity contribution in [2.75, 3.05) is 6.54 Å². The number of para-hydroxylation sites is 1. The van der Waals surface area contributed by atoms with E-state index in [2.05, 4.69) is 5.32 Å². The summed E-state index contributed by atoms with van der Waals surface area (Å²) < 4.78 is 5.06. The minimum Gasteiger partial charge on any atom is -0.478 e. The quantitative estimate of drug-likeness (QED) is 0.885. The molecule has 0 aliphatic heterocycles. The van der Waals surface area contributed by atoms with Gasteiger partial charge in [0.1, 0.15) is 5.75 Å². The molecule has 0 heterocycles. The predicted octanol–water partition coefficient (Wildman–Crippen LogP) is 2.72. The molecule has 0 spiro atoms. The van der Waals surface area contributed by atoms with Crippen molar-refractivity contribution in [1.29, 1.82) is 0 Å². The summed E-state index contributed by atoms with van der Waals surface area (Å²) in [5.41, 5.74) is 0.917. The van der Waals surface area contributed by atoms with Crippen molar-refractivity contribution in [1.82, 2.24) is 5.32 Å². The van der Waals surface area contributed by atoms with E-state index >= 15 is 0 Å². The Hall–Kier alpha value is -2.82. The number of rotatable bonds is 5. The fourth-order valence-corrected chi connectivity index (χ4v) is 1.88. The van der Waals surface area contributed by atoms with Crippen molar-refractivity contribution in [3.63, 3.8) is 0 Å². The van der Waals surface area contributed by atoms with Gasteiger partial charge < -0.3 is 15.2 Å². The first-order valence-electron chi connectivity index (χ1n) is 6.49. The number of ether oxygens (including phenoxy) is 1. The minimum atomic E-state index is -0.975. The molecule has 0 atom stereocenters. The zero-order valence-corrected chi connectivity index (χ0v) is 11.3. The lowest BCUT2D eigenvalue weighted by Gasteiger charge is -2.08. The Morgan fingerprint density at radius 2 is 1.67 bits per heavy atom. The molecule has 0 aliphatic carbocycles. The third kappa shape index (κ3) is 4.35. The summed E-state index contributed by atoms with van der Waals surface area (Å²) in [6.45, 7) is 0.302. The van der Waals surface area contributed by atoms with Crippen LogP contribution in [0.15, 0.2) is 54.6 Å². The second-order valence-corrected chi connectivity index (χ2v) is 4.34. The van der Waals surface area contributed by atoms with Crippen LogP contribution in [0, 0.1) is 0 Å². The van der Waals surface area contributed by atoms with Crippen molar-refractivity contribution < 1.29 is 19.4 Å². The van der Waals surface area contributed by atoms with E-state index in [0.717, 1.165) is 0 Å². The monoisotopic (exact) mass is 285 g/mol. The Bertz CT molecular complexity index is 625. The van der Waals surface area contributed by atoms with E-state index in [1.807, 2.05) is 6.07 Å². The number of hydrogen-bond donors (Lipinski definition) is 2. The zero-order chi connectivity index (χ0) is 15.1. The largest absolute Gasteiger partial charge is 0.478 e. The van der Waals surface area contributed by atoms with E-state index in [1.54, 1.807) is 48.5 Å². The molecule has 0 aliphatic rings. The average molecular weight is 285 g/mol. The molecule has 0 aromatic heterocycles. The molecule has 108 valence electrons. The van der Waals surface area contributed by atoms with Gasteiger partial charge in [0.15, 0.2) is 0 Å². The van der Waals surface area contributed by atoms with Crippen molar-refractivity contribution >= 4 is 12.1 Å². The van der Waals surface area contributed by atoms with Crippen LogP contribution in [0.4, 0.5) is 4.79 Å². The van der Waals surface area contributed by atoms with Crippen LogP contribution in [0.3, 0.4) is 0 Å². The third-order valence-electron chi connectivity index (χ3n) is 2.87. The van der Waals surface area contributed by atoms with Crippen LogP contribution in [0.1, 0.15) is 15.9 Å². The lowest BCUT2D eigenvalue weighted by molar-refractivity contribution is 0.0695. The first kappa shape index (κ1) is 14.6. The number of carbonyl (C=O) groups excluding carboxylic acids is 1. The van der Waals surface area contributed by atoms with Crippen LogP contribution >= 0.6 is 0 Å². The van der Waals surface area contributed by atoms with Gasteiger partial charge in [0.25, 0.3) is 0 Å². The Labute approximate surface area is 122 Å². The highest BCUT2D eigenvalue weighted by Crippen LogP contribution is 2.10. The van der Waals surface area contributed by atoms with Gasteiger partial charge in [-0.25, -0.2) is 9.59 Å². The molecule has 5 heteroatoms. The summed E-state index contributed by atoms with van der Waals surface area (Å²) in [6.07, 6.45) is -0.138. The number of carboxylic acid groups (broad SMARTS) is 1. The Morgan fingerprint density at radius 1 is 1.00 bits per heavy atom. The van der Waals surface area contributed by atoms with Crippen LogP contribution in [0.25, 0.3) is 0 Å². The Morgan fingerprint density at radius 3 is 2.38 bits per heavy atom. The first-order valence-corrected chi connectivity index (χ1v) is 6.49. The van der Waals surface area contributed by atoms with Gasteiger partial charge in [-0.05, 0) is 30.2 Å². The molecule has 1 amide bonds. The summed E-state index contributed by atoms with van der Waals surface area (Å²) in [4.78, 5) is 22.6. The highest BCUT2D eigenvalue weighted by atomic mass is 16.6. The van der Waals surface area contributed by atoms with E-state index < -0.39 is 12.1 Å². The van der Waals surface area contributed by atoms with E-state index in [9.17, 15) is 9.59 Å². The first-order chi connectivity index (χ1) is 10.2. The highest BCUT2D eigenvalue weighted by Gasteiger charge is 2.09. The van der Waals surface area contributed by atoms with E-state index in [0.29, 0.717) is 24.3 Å². The molecule has 2 aromatic rings. The summed E-state index contributed by atoms with van der Waals surface area (Å²) in [7, 11) is 0. The molecule has 5 nitrogen and oxygen atoms in total. The smallest absolute Gasteiger partial charge is 0.412 e. The molecular formula is C16H15NO4. The molecule has 0 fully saturated rings. The number of carbonyl (C=O) groups is 2.